The normalized spacial score (nSPS) is 18.0. The Bertz CT molecular complexity index is 391. The molecule has 0 spiro atoms. The first-order valence-corrected chi connectivity index (χ1v) is 7.61. The van der Waals surface area contributed by atoms with Crippen LogP contribution >= 0.6 is 0 Å². The first-order chi connectivity index (χ1) is 9.02. The molecule has 0 unspecified atom stereocenters. The summed E-state index contributed by atoms with van der Waals surface area (Å²) in [5, 5.41) is 7.98. The molecule has 1 saturated carbocycles. The van der Waals surface area contributed by atoms with Crippen LogP contribution in [-0.2, 0) is 6.42 Å². The van der Waals surface area contributed by atoms with Crippen LogP contribution in [0.15, 0.2) is 6.33 Å². The molecule has 1 aromatic rings. The van der Waals surface area contributed by atoms with Gasteiger partial charge in [0.05, 0.1) is 0 Å². The molecule has 0 radical (unpaired) electrons. The van der Waals surface area contributed by atoms with Crippen molar-refractivity contribution < 1.29 is 0 Å². The second-order valence-electron chi connectivity index (χ2n) is 6.77. The van der Waals surface area contributed by atoms with E-state index in [-0.39, 0.29) is 0 Å². The Labute approximate surface area is 117 Å². The van der Waals surface area contributed by atoms with Gasteiger partial charge in [0.15, 0.2) is 0 Å². The van der Waals surface area contributed by atoms with E-state index in [0.717, 1.165) is 31.3 Å². The Kier molecular flexibility index (Phi) is 4.61. The van der Waals surface area contributed by atoms with Gasteiger partial charge in [-0.05, 0) is 44.6 Å². The minimum atomic E-state index is 0.401. The van der Waals surface area contributed by atoms with Crippen molar-refractivity contribution in [2.24, 2.45) is 11.3 Å². The van der Waals surface area contributed by atoms with Crippen molar-refractivity contribution in [3.63, 3.8) is 0 Å². The number of nitrogens with one attached hydrogen (secondary N) is 1. The quantitative estimate of drug-likeness (QED) is 0.823. The summed E-state index contributed by atoms with van der Waals surface area (Å²) in [6.07, 6.45) is 6.77. The summed E-state index contributed by atoms with van der Waals surface area (Å²) in [4.78, 5) is 4.47. The van der Waals surface area contributed by atoms with Crippen LogP contribution in [0.25, 0.3) is 0 Å². The van der Waals surface area contributed by atoms with Gasteiger partial charge in [-0.1, -0.05) is 20.3 Å². The molecule has 19 heavy (non-hydrogen) atoms. The second kappa shape index (κ2) is 6.04. The maximum atomic E-state index is 4.47. The highest BCUT2D eigenvalue weighted by atomic mass is 15.3. The van der Waals surface area contributed by atoms with Gasteiger partial charge >= 0.3 is 0 Å². The van der Waals surface area contributed by atoms with Crippen molar-refractivity contribution >= 4 is 0 Å². The Morgan fingerprint density at radius 1 is 1.32 bits per heavy atom. The highest BCUT2D eigenvalue weighted by molar-refractivity contribution is 5.00. The molecule has 108 valence electrons. The van der Waals surface area contributed by atoms with Crippen molar-refractivity contribution in [2.75, 3.05) is 13.1 Å². The van der Waals surface area contributed by atoms with Gasteiger partial charge in [0.2, 0.25) is 0 Å². The third kappa shape index (κ3) is 3.56. The predicted molar refractivity (Wildman–Crippen MR) is 78.1 cm³/mol. The number of hydrogen-bond acceptors (Lipinski definition) is 3. The van der Waals surface area contributed by atoms with Crippen LogP contribution in [0, 0.1) is 11.3 Å². The molecule has 1 N–H and O–H groups in total. The van der Waals surface area contributed by atoms with Gasteiger partial charge in [-0.2, -0.15) is 5.10 Å². The van der Waals surface area contributed by atoms with Crippen molar-refractivity contribution in [3.05, 3.63) is 12.2 Å². The molecule has 4 nitrogen and oxygen atoms in total. The second-order valence-corrected chi connectivity index (χ2v) is 6.77. The van der Waals surface area contributed by atoms with Crippen molar-refractivity contribution in [2.45, 2.75) is 59.4 Å². The van der Waals surface area contributed by atoms with E-state index in [0.29, 0.717) is 11.5 Å². The average molecular weight is 264 g/mol. The van der Waals surface area contributed by atoms with Crippen LogP contribution in [0.3, 0.4) is 0 Å². The molecule has 1 fully saturated rings. The zero-order valence-electron chi connectivity index (χ0n) is 12.8. The molecule has 0 bridgehead atoms. The van der Waals surface area contributed by atoms with Crippen LogP contribution in [-0.4, -0.2) is 27.9 Å². The molecule has 0 aromatic carbocycles. The molecular formula is C15H28N4. The topological polar surface area (TPSA) is 42.7 Å². The minimum Gasteiger partial charge on any atom is -0.316 e. The number of nitrogens with zero attached hydrogens (tertiary/aromatic N) is 3. The Hall–Kier alpha value is -0.900. The smallest absolute Gasteiger partial charge is 0.138 e. The number of aromatic nitrogens is 3. The van der Waals surface area contributed by atoms with Gasteiger partial charge in [0.25, 0.3) is 0 Å². The largest absolute Gasteiger partial charge is 0.316 e. The number of hydrogen-bond donors (Lipinski definition) is 1. The molecule has 0 aliphatic heterocycles. The fourth-order valence-corrected chi connectivity index (χ4v) is 2.89. The Balaban J connectivity index is 1.96. The molecule has 0 amide bonds. The van der Waals surface area contributed by atoms with Crippen LogP contribution in [0.2, 0.25) is 0 Å². The zero-order valence-corrected chi connectivity index (χ0v) is 12.8. The van der Waals surface area contributed by atoms with E-state index in [9.17, 15) is 0 Å². The van der Waals surface area contributed by atoms with Crippen LogP contribution < -0.4 is 5.32 Å². The summed E-state index contributed by atoms with van der Waals surface area (Å²) in [5.74, 6) is 1.87. The van der Waals surface area contributed by atoms with Crippen molar-refractivity contribution in [3.8, 4) is 0 Å². The van der Waals surface area contributed by atoms with Crippen molar-refractivity contribution in [1.29, 1.82) is 0 Å². The number of rotatable bonds is 7. The van der Waals surface area contributed by atoms with Gasteiger partial charge in [-0.25, -0.2) is 9.67 Å². The van der Waals surface area contributed by atoms with E-state index in [4.69, 9.17) is 0 Å². The molecule has 1 heterocycles. The van der Waals surface area contributed by atoms with Crippen LogP contribution in [0.4, 0.5) is 0 Å². The minimum absolute atomic E-state index is 0.401. The predicted octanol–water partition coefficient (Wildman–Crippen LogP) is 2.82. The Morgan fingerprint density at radius 2 is 2.05 bits per heavy atom. The van der Waals surface area contributed by atoms with Gasteiger partial charge in [0.1, 0.15) is 12.2 Å². The molecule has 0 atom stereocenters. The van der Waals surface area contributed by atoms with Gasteiger partial charge < -0.3 is 5.32 Å². The van der Waals surface area contributed by atoms with E-state index in [1.54, 1.807) is 6.33 Å². The highest BCUT2D eigenvalue weighted by Crippen LogP contribution is 2.43. The van der Waals surface area contributed by atoms with E-state index in [1.807, 2.05) is 0 Å². The van der Waals surface area contributed by atoms with Crippen LogP contribution in [0.5, 0.6) is 0 Å². The molecule has 1 aliphatic carbocycles. The van der Waals surface area contributed by atoms with Crippen molar-refractivity contribution in [1.82, 2.24) is 20.1 Å². The molecule has 1 aromatic heterocycles. The maximum absolute atomic E-state index is 4.47. The SMILES string of the molecule is CC(C)CNCC1(Cc2ncnn2C(C)C)CCC1. The molecular weight excluding hydrogens is 236 g/mol. The zero-order chi connectivity index (χ0) is 13.9. The van der Waals surface area contributed by atoms with E-state index < -0.39 is 0 Å². The Morgan fingerprint density at radius 3 is 2.58 bits per heavy atom. The van der Waals surface area contributed by atoms with E-state index >= 15 is 0 Å². The standard InChI is InChI=1S/C15H28N4/c1-12(2)9-16-10-15(6-5-7-15)8-14-17-11-18-19(14)13(3)4/h11-13,16H,5-10H2,1-4H3. The third-order valence-electron chi connectivity index (χ3n) is 4.14. The highest BCUT2D eigenvalue weighted by Gasteiger charge is 2.38. The summed E-state index contributed by atoms with van der Waals surface area (Å²) in [7, 11) is 0. The van der Waals surface area contributed by atoms with Gasteiger partial charge in [0, 0.05) is 19.0 Å². The summed E-state index contributed by atoms with van der Waals surface area (Å²) in [6, 6.07) is 0.401. The molecule has 0 saturated heterocycles. The van der Waals surface area contributed by atoms with Gasteiger partial charge in [-0.3, -0.25) is 0 Å². The lowest BCUT2D eigenvalue weighted by Crippen LogP contribution is -2.43. The lowest BCUT2D eigenvalue weighted by molar-refractivity contribution is 0.123. The lowest BCUT2D eigenvalue weighted by atomic mass is 9.66. The van der Waals surface area contributed by atoms with E-state index in [1.165, 1.54) is 19.3 Å². The fourth-order valence-electron chi connectivity index (χ4n) is 2.89. The van der Waals surface area contributed by atoms with Crippen LogP contribution in [0.1, 0.15) is 58.8 Å². The first-order valence-electron chi connectivity index (χ1n) is 7.61. The lowest BCUT2D eigenvalue weighted by Gasteiger charge is -2.42. The summed E-state index contributed by atoms with van der Waals surface area (Å²) < 4.78 is 2.07. The monoisotopic (exact) mass is 264 g/mol. The fraction of sp³-hybridized carbons (Fsp3) is 0.867. The molecule has 2 rings (SSSR count). The summed E-state index contributed by atoms with van der Waals surface area (Å²) in [5.41, 5.74) is 0.425. The molecule has 4 heteroatoms. The third-order valence-corrected chi connectivity index (χ3v) is 4.14. The average Bonchev–Trinajstić information content (AvgIpc) is 2.73. The summed E-state index contributed by atoms with van der Waals surface area (Å²) >= 11 is 0. The summed E-state index contributed by atoms with van der Waals surface area (Å²) in [6.45, 7) is 11.1. The first kappa shape index (κ1) is 14.5. The van der Waals surface area contributed by atoms with E-state index in [2.05, 4.69) is 47.8 Å². The molecule has 1 aliphatic rings. The maximum Gasteiger partial charge on any atom is 0.138 e. The van der Waals surface area contributed by atoms with Gasteiger partial charge in [-0.15, -0.1) is 0 Å².